The van der Waals surface area contributed by atoms with Crippen LogP contribution in [0.25, 0.3) is 11.1 Å². The van der Waals surface area contributed by atoms with Crippen molar-refractivity contribution in [2.45, 2.75) is 6.54 Å². The van der Waals surface area contributed by atoms with Crippen LogP contribution in [-0.4, -0.2) is 9.97 Å². The van der Waals surface area contributed by atoms with Gasteiger partial charge in [0.2, 0.25) is 0 Å². The maximum atomic E-state index is 5.80. The number of aromatic nitrogens is 2. The van der Waals surface area contributed by atoms with Crippen LogP contribution in [-0.2, 0) is 6.54 Å². The number of hydrogen-bond donors (Lipinski definition) is 1. The molecule has 16 heavy (non-hydrogen) atoms. The van der Waals surface area contributed by atoms with Gasteiger partial charge in [0.25, 0.3) is 0 Å². The Morgan fingerprint density at radius 1 is 1.00 bits per heavy atom. The Labute approximate surface area is 105 Å². The third-order valence-corrected chi connectivity index (χ3v) is 2.32. The van der Waals surface area contributed by atoms with Crippen LogP contribution in [0.15, 0.2) is 36.7 Å². The molecule has 1 aromatic carbocycles. The maximum Gasteiger partial charge on any atom is 0.141 e. The third kappa shape index (κ3) is 2.92. The lowest BCUT2D eigenvalue weighted by atomic mass is 10.1. The van der Waals surface area contributed by atoms with Crippen molar-refractivity contribution < 1.29 is 0 Å². The van der Waals surface area contributed by atoms with Crippen LogP contribution >= 0.6 is 24.0 Å². The van der Waals surface area contributed by atoms with Crippen LogP contribution in [0.5, 0.6) is 0 Å². The molecule has 0 fully saturated rings. The van der Waals surface area contributed by atoms with Crippen LogP contribution in [0.3, 0.4) is 0 Å². The fourth-order valence-electron chi connectivity index (χ4n) is 1.25. The van der Waals surface area contributed by atoms with Gasteiger partial charge in [-0.1, -0.05) is 23.7 Å². The standard InChI is InChI=1S/C11H10ClN3.ClH/c12-10-3-1-8(2-4-10)9-6-14-11(5-13)15-7-9;/h1-4,6-7H,5,13H2;1H. The van der Waals surface area contributed by atoms with Crippen LogP contribution in [0.4, 0.5) is 0 Å². The number of hydrogen-bond acceptors (Lipinski definition) is 3. The first kappa shape index (κ1) is 12.9. The van der Waals surface area contributed by atoms with Crippen molar-refractivity contribution in [3.8, 4) is 11.1 Å². The van der Waals surface area contributed by atoms with Crippen LogP contribution in [0.2, 0.25) is 5.02 Å². The molecule has 0 radical (unpaired) electrons. The summed E-state index contributed by atoms with van der Waals surface area (Å²) in [6.45, 7) is 0.362. The highest BCUT2D eigenvalue weighted by Crippen LogP contribution is 2.19. The molecule has 2 N–H and O–H groups in total. The van der Waals surface area contributed by atoms with E-state index in [1.165, 1.54) is 0 Å². The summed E-state index contributed by atoms with van der Waals surface area (Å²) < 4.78 is 0. The van der Waals surface area contributed by atoms with Crippen molar-refractivity contribution in [2.24, 2.45) is 5.73 Å². The summed E-state index contributed by atoms with van der Waals surface area (Å²) in [5.41, 5.74) is 7.42. The first-order valence-electron chi connectivity index (χ1n) is 4.56. The minimum atomic E-state index is 0. The van der Waals surface area contributed by atoms with Crippen LogP contribution in [0.1, 0.15) is 5.82 Å². The molecular weight excluding hydrogens is 245 g/mol. The Morgan fingerprint density at radius 3 is 2.06 bits per heavy atom. The largest absolute Gasteiger partial charge is 0.324 e. The van der Waals surface area contributed by atoms with E-state index >= 15 is 0 Å². The SMILES string of the molecule is Cl.NCc1ncc(-c2ccc(Cl)cc2)cn1. The number of nitrogens with zero attached hydrogens (tertiary/aromatic N) is 2. The highest BCUT2D eigenvalue weighted by atomic mass is 35.5. The van der Waals surface area contributed by atoms with Crippen molar-refractivity contribution in [3.63, 3.8) is 0 Å². The highest BCUT2D eigenvalue weighted by Gasteiger charge is 1.99. The zero-order valence-corrected chi connectivity index (χ0v) is 10.0. The summed E-state index contributed by atoms with van der Waals surface area (Å²) in [5.74, 6) is 0.646. The number of rotatable bonds is 2. The van der Waals surface area contributed by atoms with Gasteiger partial charge in [0.1, 0.15) is 5.82 Å². The second kappa shape index (κ2) is 5.80. The van der Waals surface area contributed by atoms with E-state index in [0.717, 1.165) is 16.1 Å². The lowest BCUT2D eigenvalue weighted by Crippen LogP contribution is -2.01. The van der Waals surface area contributed by atoms with Crippen LogP contribution in [0, 0.1) is 0 Å². The molecule has 0 unspecified atom stereocenters. The Kier molecular flexibility index (Phi) is 4.68. The van der Waals surface area contributed by atoms with E-state index in [1.807, 2.05) is 24.3 Å². The molecule has 2 aromatic rings. The quantitative estimate of drug-likeness (QED) is 0.898. The van der Waals surface area contributed by atoms with Crippen molar-refractivity contribution in [3.05, 3.63) is 47.5 Å². The molecule has 0 aliphatic rings. The van der Waals surface area contributed by atoms with Crippen molar-refractivity contribution in [1.29, 1.82) is 0 Å². The smallest absolute Gasteiger partial charge is 0.141 e. The first-order valence-corrected chi connectivity index (χ1v) is 4.94. The second-order valence-corrected chi connectivity index (χ2v) is 3.54. The molecule has 0 saturated heterocycles. The molecular formula is C11H11Cl2N3. The van der Waals surface area contributed by atoms with Gasteiger partial charge in [0.15, 0.2) is 0 Å². The molecule has 0 spiro atoms. The van der Waals surface area contributed by atoms with Gasteiger partial charge >= 0.3 is 0 Å². The molecule has 0 amide bonds. The van der Waals surface area contributed by atoms with Gasteiger partial charge < -0.3 is 5.73 Å². The zero-order chi connectivity index (χ0) is 10.7. The number of benzene rings is 1. The molecule has 0 bridgehead atoms. The Morgan fingerprint density at radius 2 is 1.56 bits per heavy atom. The van der Waals surface area contributed by atoms with E-state index in [9.17, 15) is 0 Å². The van der Waals surface area contributed by atoms with Crippen molar-refractivity contribution >= 4 is 24.0 Å². The predicted molar refractivity (Wildman–Crippen MR) is 67.6 cm³/mol. The Hall–Kier alpha value is -1.16. The Bertz CT molecular complexity index is 440. The summed E-state index contributed by atoms with van der Waals surface area (Å²) in [6.07, 6.45) is 3.52. The van der Waals surface area contributed by atoms with E-state index < -0.39 is 0 Å². The monoisotopic (exact) mass is 255 g/mol. The fraction of sp³-hybridized carbons (Fsp3) is 0.0909. The average Bonchev–Trinajstić information content (AvgIpc) is 2.30. The van der Waals surface area contributed by atoms with Crippen molar-refractivity contribution in [2.75, 3.05) is 0 Å². The molecule has 5 heteroatoms. The van der Waals surface area contributed by atoms with E-state index in [0.29, 0.717) is 12.4 Å². The van der Waals surface area contributed by atoms with Gasteiger partial charge in [0, 0.05) is 23.0 Å². The molecule has 1 heterocycles. The molecule has 2 rings (SSSR count). The second-order valence-electron chi connectivity index (χ2n) is 3.10. The fourth-order valence-corrected chi connectivity index (χ4v) is 1.38. The summed E-state index contributed by atoms with van der Waals surface area (Å²) in [6, 6.07) is 7.55. The molecule has 3 nitrogen and oxygen atoms in total. The summed E-state index contributed by atoms with van der Waals surface area (Å²) in [5, 5.41) is 0.721. The summed E-state index contributed by atoms with van der Waals surface area (Å²) in [4.78, 5) is 8.25. The topological polar surface area (TPSA) is 51.8 Å². The van der Waals surface area contributed by atoms with Gasteiger partial charge in [-0.3, -0.25) is 0 Å². The first-order chi connectivity index (χ1) is 7.29. The van der Waals surface area contributed by atoms with E-state index in [4.69, 9.17) is 17.3 Å². The molecule has 84 valence electrons. The lowest BCUT2D eigenvalue weighted by molar-refractivity contribution is 0.910. The Balaban J connectivity index is 0.00000128. The predicted octanol–water partition coefficient (Wildman–Crippen LogP) is 2.68. The molecule has 0 aliphatic carbocycles. The minimum Gasteiger partial charge on any atom is -0.324 e. The van der Waals surface area contributed by atoms with Gasteiger partial charge in [-0.2, -0.15) is 0 Å². The number of nitrogens with two attached hydrogens (primary N) is 1. The zero-order valence-electron chi connectivity index (χ0n) is 8.43. The molecule has 0 atom stereocenters. The van der Waals surface area contributed by atoms with Gasteiger partial charge in [-0.15, -0.1) is 12.4 Å². The summed E-state index contributed by atoms with van der Waals surface area (Å²) >= 11 is 5.80. The van der Waals surface area contributed by atoms with Gasteiger partial charge in [0.05, 0.1) is 6.54 Å². The van der Waals surface area contributed by atoms with E-state index in [1.54, 1.807) is 12.4 Å². The summed E-state index contributed by atoms with van der Waals surface area (Å²) in [7, 11) is 0. The van der Waals surface area contributed by atoms with Crippen molar-refractivity contribution in [1.82, 2.24) is 9.97 Å². The van der Waals surface area contributed by atoms with E-state index in [2.05, 4.69) is 9.97 Å². The highest BCUT2D eigenvalue weighted by molar-refractivity contribution is 6.30. The maximum absolute atomic E-state index is 5.80. The van der Waals surface area contributed by atoms with Crippen LogP contribution < -0.4 is 5.73 Å². The third-order valence-electron chi connectivity index (χ3n) is 2.07. The van der Waals surface area contributed by atoms with Gasteiger partial charge in [-0.25, -0.2) is 9.97 Å². The van der Waals surface area contributed by atoms with E-state index in [-0.39, 0.29) is 12.4 Å². The average molecular weight is 256 g/mol. The normalized spacial score (nSPS) is 9.62. The molecule has 1 aromatic heterocycles. The number of halogens is 2. The molecule has 0 aliphatic heterocycles. The lowest BCUT2D eigenvalue weighted by Gasteiger charge is -2.01. The molecule has 0 saturated carbocycles. The minimum absolute atomic E-state index is 0. The van der Waals surface area contributed by atoms with Gasteiger partial charge in [-0.05, 0) is 17.7 Å².